The summed E-state index contributed by atoms with van der Waals surface area (Å²) in [5.74, 6) is 0.707. The summed E-state index contributed by atoms with van der Waals surface area (Å²) in [6.45, 7) is 0. The summed E-state index contributed by atoms with van der Waals surface area (Å²) in [7, 11) is 3.36. The second-order valence-electron chi connectivity index (χ2n) is 4.31. The highest BCUT2D eigenvalue weighted by Crippen LogP contribution is 2.27. The Labute approximate surface area is 102 Å². The maximum Gasteiger partial charge on any atom is 0.321 e. The second-order valence-corrected chi connectivity index (χ2v) is 4.31. The van der Waals surface area contributed by atoms with Gasteiger partial charge < -0.3 is 10.1 Å². The number of carbonyl (C=O) groups is 1. The zero-order valence-electron chi connectivity index (χ0n) is 10.3. The van der Waals surface area contributed by atoms with Crippen LogP contribution in [-0.2, 0) is 0 Å². The quantitative estimate of drug-likeness (QED) is 0.872. The van der Waals surface area contributed by atoms with E-state index in [1.807, 2.05) is 24.3 Å². The predicted octanol–water partition coefficient (Wildman–Crippen LogP) is 2.39. The first-order valence-corrected chi connectivity index (χ1v) is 5.89. The molecule has 0 atom stereocenters. The monoisotopic (exact) mass is 234 g/mol. The number of benzene rings is 1. The number of carbonyl (C=O) groups excluding carboxylic acids is 1. The number of anilines is 1. The topological polar surface area (TPSA) is 41.6 Å². The van der Waals surface area contributed by atoms with Crippen LogP contribution in [0.25, 0.3) is 0 Å². The van der Waals surface area contributed by atoms with Crippen LogP contribution in [0.3, 0.4) is 0 Å². The Hall–Kier alpha value is -1.71. The number of nitrogens with zero attached hydrogens (tertiary/aromatic N) is 1. The molecule has 2 rings (SSSR count). The molecule has 0 bridgehead atoms. The molecule has 92 valence electrons. The number of methoxy groups -OCH3 is 1. The van der Waals surface area contributed by atoms with Crippen LogP contribution in [-0.4, -0.2) is 26.2 Å². The molecule has 4 nitrogen and oxygen atoms in total. The SMILES string of the molecule is COc1ccccc1N(C)C(=O)NC1CCC1. The molecule has 1 N–H and O–H groups in total. The molecule has 0 aromatic heterocycles. The molecule has 0 aliphatic heterocycles. The molecule has 0 spiro atoms. The van der Waals surface area contributed by atoms with Crippen LogP contribution in [0.2, 0.25) is 0 Å². The van der Waals surface area contributed by atoms with Gasteiger partial charge >= 0.3 is 6.03 Å². The Morgan fingerprint density at radius 3 is 2.71 bits per heavy atom. The largest absolute Gasteiger partial charge is 0.495 e. The van der Waals surface area contributed by atoms with Crippen molar-refractivity contribution < 1.29 is 9.53 Å². The van der Waals surface area contributed by atoms with Gasteiger partial charge in [0.2, 0.25) is 0 Å². The standard InChI is InChI=1S/C13H18N2O2/c1-15(13(16)14-10-6-5-7-10)11-8-3-4-9-12(11)17-2/h3-4,8-10H,5-7H2,1-2H3,(H,14,16). The van der Waals surface area contributed by atoms with E-state index in [-0.39, 0.29) is 6.03 Å². The van der Waals surface area contributed by atoms with Gasteiger partial charge in [-0.25, -0.2) is 4.79 Å². The number of para-hydroxylation sites is 2. The van der Waals surface area contributed by atoms with E-state index in [2.05, 4.69) is 5.32 Å². The molecule has 17 heavy (non-hydrogen) atoms. The van der Waals surface area contributed by atoms with Crippen LogP contribution in [0, 0.1) is 0 Å². The lowest BCUT2D eigenvalue weighted by Gasteiger charge is -2.29. The van der Waals surface area contributed by atoms with Crippen molar-refractivity contribution in [2.24, 2.45) is 0 Å². The second kappa shape index (κ2) is 5.08. The molecule has 4 heteroatoms. The van der Waals surface area contributed by atoms with Crippen molar-refractivity contribution in [3.05, 3.63) is 24.3 Å². The summed E-state index contributed by atoms with van der Waals surface area (Å²) in [6, 6.07) is 7.78. The zero-order chi connectivity index (χ0) is 12.3. The van der Waals surface area contributed by atoms with Gasteiger partial charge in [-0.1, -0.05) is 12.1 Å². The molecule has 0 saturated heterocycles. The molecule has 1 aromatic rings. The van der Waals surface area contributed by atoms with E-state index in [1.165, 1.54) is 6.42 Å². The first-order valence-electron chi connectivity index (χ1n) is 5.89. The molecule has 1 aromatic carbocycles. The van der Waals surface area contributed by atoms with E-state index in [1.54, 1.807) is 19.1 Å². The predicted molar refractivity (Wildman–Crippen MR) is 67.6 cm³/mol. The average molecular weight is 234 g/mol. The Balaban J connectivity index is 2.06. The summed E-state index contributed by atoms with van der Waals surface area (Å²) in [6.07, 6.45) is 3.39. The molecule has 1 aliphatic rings. The van der Waals surface area contributed by atoms with E-state index in [4.69, 9.17) is 4.74 Å². The minimum absolute atomic E-state index is 0.0702. The lowest BCUT2D eigenvalue weighted by Crippen LogP contribution is -2.46. The summed E-state index contributed by atoms with van der Waals surface area (Å²) in [5.41, 5.74) is 0.784. The molecule has 1 fully saturated rings. The third-order valence-corrected chi connectivity index (χ3v) is 3.18. The molecule has 0 radical (unpaired) electrons. The summed E-state index contributed by atoms with van der Waals surface area (Å²) < 4.78 is 5.24. The van der Waals surface area contributed by atoms with Crippen molar-refractivity contribution >= 4 is 11.7 Å². The Kier molecular flexibility index (Phi) is 3.52. The first-order chi connectivity index (χ1) is 8.22. The Morgan fingerprint density at radius 2 is 2.12 bits per heavy atom. The number of ether oxygens (including phenoxy) is 1. The van der Waals surface area contributed by atoms with Gasteiger partial charge in [-0.05, 0) is 31.4 Å². The number of amides is 2. The molecular weight excluding hydrogens is 216 g/mol. The van der Waals surface area contributed by atoms with Crippen molar-refractivity contribution in [1.29, 1.82) is 0 Å². The smallest absolute Gasteiger partial charge is 0.321 e. The minimum Gasteiger partial charge on any atom is -0.495 e. The lowest BCUT2D eigenvalue weighted by molar-refractivity contribution is 0.235. The fraction of sp³-hybridized carbons (Fsp3) is 0.462. The highest BCUT2D eigenvalue weighted by molar-refractivity contribution is 5.93. The Bertz CT molecular complexity index is 402. The van der Waals surface area contributed by atoms with Crippen LogP contribution in [0.1, 0.15) is 19.3 Å². The molecular formula is C13H18N2O2. The zero-order valence-corrected chi connectivity index (χ0v) is 10.3. The average Bonchev–Trinajstić information content (AvgIpc) is 2.32. The lowest BCUT2D eigenvalue weighted by atomic mass is 9.93. The number of hydrogen-bond donors (Lipinski definition) is 1. The maximum atomic E-state index is 12.0. The highest BCUT2D eigenvalue weighted by atomic mass is 16.5. The van der Waals surface area contributed by atoms with Gasteiger partial charge in [-0.3, -0.25) is 4.90 Å². The van der Waals surface area contributed by atoms with Gasteiger partial charge in [0.1, 0.15) is 5.75 Å². The summed E-state index contributed by atoms with van der Waals surface area (Å²) >= 11 is 0. The fourth-order valence-electron chi connectivity index (χ4n) is 1.84. The van der Waals surface area contributed by atoms with E-state index in [0.29, 0.717) is 11.8 Å². The van der Waals surface area contributed by atoms with Crippen molar-refractivity contribution in [3.63, 3.8) is 0 Å². The van der Waals surface area contributed by atoms with Crippen LogP contribution < -0.4 is 15.0 Å². The van der Waals surface area contributed by atoms with Crippen LogP contribution in [0.4, 0.5) is 10.5 Å². The summed E-state index contributed by atoms with van der Waals surface area (Å²) in [4.78, 5) is 13.6. The maximum absolute atomic E-state index is 12.0. The highest BCUT2D eigenvalue weighted by Gasteiger charge is 2.22. The van der Waals surface area contributed by atoms with Crippen molar-refractivity contribution in [2.45, 2.75) is 25.3 Å². The van der Waals surface area contributed by atoms with Crippen molar-refractivity contribution in [2.75, 3.05) is 19.1 Å². The summed E-state index contributed by atoms with van der Waals surface area (Å²) in [5, 5.41) is 3.00. The van der Waals surface area contributed by atoms with Crippen molar-refractivity contribution in [1.82, 2.24) is 5.32 Å². The molecule has 2 amide bonds. The van der Waals surface area contributed by atoms with Crippen LogP contribution in [0.15, 0.2) is 24.3 Å². The van der Waals surface area contributed by atoms with Gasteiger partial charge in [0, 0.05) is 13.1 Å². The number of urea groups is 1. The van der Waals surface area contributed by atoms with Gasteiger partial charge in [0.15, 0.2) is 0 Å². The van der Waals surface area contributed by atoms with Crippen LogP contribution in [0.5, 0.6) is 5.75 Å². The van der Waals surface area contributed by atoms with Gasteiger partial charge in [-0.15, -0.1) is 0 Å². The van der Waals surface area contributed by atoms with Gasteiger partial charge in [0.05, 0.1) is 12.8 Å². The van der Waals surface area contributed by atoms with E-state index in [9.17, 15) is 4.79 Å². The van der Waals surface area contributed by atoms with Gasteiger partial charge in [-0.2, -0.15) is 0 Å². The van der Waals surface area contributed by atoms with E-state index in [0.717, 1.165) is 18.5 Å². The van der Waals surface area contributed by atoms with E-state index < -0.39 is 0 Å². The first kappa shape index (κ1) is 11.8. The molecule has 0 heterocycles. The number of nitrogens with one attached hydrogen (secondary N) is 1. The van der Waals surface area contributed by atoms with Gasteiger partial charge in [0.25, 0.3) is 0 Å². The molecule has 1 aliphatic carbocycles. The third-order valence-electron chi connectivity index (χ3n) is 3.18. The minimum atomic E-state index is -0.0702. The van der Waals surface area contributed by atoms with Crippen molar-refractivity contribution in [3.8, 4) is 5.75 Å². The molecule has 0 unspecified atom stereocenters. The normalized spacial score (nSPS) is 14.9. The third kappa shape index (κ3) is 2.52. The fourth-order valence-corrected chi connectivity index (χ4v) is 1.84. The number of rotatable bonds is 3. The Morgan fingerprint density at radius 1 is 1.41 bits per heavy atom. The van der Waals surface area contributed by atoms with E-state index >= 15 is 0 Å². The van der Waals surface area contributed by atoms with Crippen LogP contribution >= 0.6 is 0 Å². The molecule has 1 saturated carbocycles. The number of hydrogen-bond acceptors (Lipinski definition) is 2.